The number of nitrogens with zero attached hydrogens (tertiary/aromatic N) is 2. The van der Waals surface area contributed by atoms with Crippen molar-refractivity contribution in [3.63, 3.8) is 0 Å². The molecular weight excluding hydrogens is 328 g/mol. The molecule has 26 heavy (non-hydrogen) atoms. The predicted molar refractivity (Wildman–Crippen MR) is 98.6 cm³/mol. The SMILES string of the molecule is Cc1ccc(C2=NO[C@H](CNC(=O)NCc3ccc(C#N)cc3)C2)cc1. The van der Waals surface area contributed by atoms with Gasteiger partial charge in [0.05, 0.1) is 23.9 Å². The summed E-state index contributed by atoms with van der Waals surface area (Å²) < 4.78 is 0. The molecule has 0 spiro atoms. The van der Waals surface area contributed by atoms with Crippen molar-refractivity contribution in [2.45, 2.75) is 26.0 Å². The second-order valence-corrected chi connectivity index (χ2v) is 6.21. The van der Waals surface area contributed by atoms with Crippen LogP contribution < -0.4 is 10.6 Å². The summed E-state index contributed by atoms with van der Waals surface area (Å²) >= 11 is 0. The Bertz CT molecular complexity index is 836. The lowest BCUT2D eigenvalue weighted by atomic mass is 10.0. The monoisotopic (exact) mass is 348 g/mol. The maximum absolute atomic E-state index is 11.9. The highest BCUT2D eigenvalue weighted by Crippen LogP contribution is 2.16. The molecule has 0 radical (unpaired) electrons. The quantitative estimate of drug-likeness (QED) is 0.871. The molecule has 1 aliphatic rings. The van der Waals surface area contributed by atoms with Crippen LogP contribution in [0.5, 0.6) is 0 Å². The normalized spacial score (nSPS) is 15.5. The average molecular weight is 348 g/mol. The molecule has 0 fully saturated rings. The molecule has 6 nitrogen and oxygen atoms in total. The standard InChI is InChI=1S/C20H20N4O2/c1-14-2-8-17(9-3-14)19-10-18(26-24-19)13-23-20(25)22-12-16-6-4-15(11-21)5-7-16/h2-9,18H,10,12-13H2,1H3,(H2,22,23,25)/t18-/m0/s1. The van der Waals surface area contributed by atoms with Crippen LogP contribution in [-0.4, -0.2) is 24.4 Å². The first kappa shape index (κ1) is 17.5. The summed E-state index contributed by atoms with van der Waals surface area (Å²) in [4.78, 5) is 17.3. The average Bonchev–Trinajstić information content (AvgIpc) is 3.14. The van der Waals surface area contributed by atoms with Crippen molar-refractivity contribution >= 4 is 11.7 Å². The number of nitrogens with one attached hydrogen (secondary N) is 2. The maximum atomic E-state index is 11.9. The van der Waals surface area contributed by atoms with Crippen LogP contribution in [0.2, 0.25) is 0 Å². The van der Waals surface area contributed by atoms with Crippen LogP contribution in [-0.2, 0) is 11.4 Å². The van der Waals surface area contributed by atoms with E-state index < -0.39 is 0 Å². The molecule has 1 atom stereocenters. The lowest BCUT2D eigenvalue weighted by molar-refractivity contribution is 0.0865. The molecule has 0 saturated heterocycles. The van der Waals surface area contributed by atoms with Gasteiger partial charge in [0.15, 0.2) is 6.10 Å². The minimum Gasteiger partial charge on any atom is -0.390 e. The van der Waals surface area contributed by atoms with E-state index in [-0.39, 0.29) is 12.1 Å². The highest BCUT2D eigenvalue weighted by atomic mass is 16.6. The third-order valence-electron chi connectivity index (χ3n) is 4.14. The van der Waals surface area contributed by atoms with Crippen LogP contribution in [0.3, 0.4) is 0 Å². The molecule has 1 heterocycles. The maximum Gasteiger partial charge on any atom is 0.315 e. The van der Waals surface area contributed by atoms with Crippen LogP contribution in [0.15, 0.2) is 53.7 Å². The Morgan fingerprint density at radius 3 is 2.62 bits per heavy atom. The van der Waals surface area contributed by atoms with Gasteiger partial charge >= 0.3 is 6.03 Å². The second-order valence-electron chi connectivity index (χ2n) is 6.21. The predicted octanol–water partition coefficient (Wildman–Crippen LogP) is 2.86. The van der Waals surface area contributed by atoms with E-state index in [0.29, 0.717) is 25.1 Å². The van der Waals surface area contributed by atoms with Gasteiger partial charge < -0.3 is 15.5 Å². The fourth-order valence-electron chi connectivity index (χ4n) is 2.60. The minimum atomic E-state index is -0.262. The number of oxime groups is 1. The molecule has 2 aromatic rings. The molecule has 132 valence electrons. The third kappa shape index (κ3) is 4.61. The largest absolute Gasteiger partial charge is 0.390 e. The summed E-state index contributed by atoms with van der Waals surface area (Å²) in [5.74, 6) is 0. The molecule has 2 amide bonds. The van der Waals surface area contributed by atoms with Crippen molar-refractivity contribution in [2.75, 3.05) is 6.54 Å². The molecule has 0 aromatic heterocycles. The summed E-state index contributed by atoms with van der Waals surface area (Å²) in [5.41, 5.74) is 4.67. The Morgan fingerprint density at radius 1 is 1.19 bits per heavy atom. The molecule has 0 bridgehead atoms. The number of carbonyl (C=O) groups excluding carboxylic acids is 1. The first-order chi connectivity index (χ1) is 12.6. The van der Waals surface area contributed by atoms with E-state index in [1.54, 1.807) is 12.1 Å². The Kier molecular flexibility index (Phi) is 5.49. The molecule has 0 unspecified atom stereocenters. The summed E-state index contributed by atoms with van der Waals surface area (Å²) in [6.07, 6.45) is 0.505. The van der Waals surface area contributed by atoms with Crippen molar-refractivity contribution in [3.8, 4) is 6.07 Å². The summed E-state index contributed by atoms with van der Waals surface area (Å²) in [7, 11) is 0. The number of amides is 2. The van der Waals surface area contributed by atoms with E-state index in [0.717, 1.165) is 16.8 Å². The van der Waals surface area contributed by atoms with Crippen molar-refractivity contribution in [2.24, 2.45) is 5.16 Å². The molecule has 2 aromatic carbocycles. The minimum absolute atomic E-state index is 0.160. The van der Waals surface area contributed by atoms with Gasteiger partial charge in [-0.3, -0.25) is 0 Å². The Hall–Kier alpha value is -3.33. The second kappa shape index (κ2) is 8.17. The number of nitriles is 1. The van der Waals surface area contributed by atoms with Crippen LogP contribution >= 0.6 is 0 Å². The first-order valence-electron chi connectivity index (χ1n) is 8.44. The fourth-order valence-corrected chi connectivity index (χ4v) is 2.60. The van der Waals surface area contributed by atoms with E-state index in [1.165, 1.54) is 5.56 Å². The summed E-state index contributed by atoms with van der Waals surface area (Å²) in [6, 6.07) is 17.0. The lowest BCUT2D eigenvalue weighted by Gasteiger charge is -2.11. The van der Waals surface area contributed by atoms with E-state index in [9.17, 15) is 4.79 Å². The summed E-state index contributed by atoms with van der Waals surface area (Å²) in [5, 5.41) is 18.5. The van der Waals surface area contributed by atoms with Gasteiger partial charge in [0, 0.05) is 13.0 Å². The van der Waals surface area contributed by atoms with Gasteiger partial charge in [0.2, 0.25) is 0 Å². The van der Waals surface area contributed by atoms with E-state index in [1.807, 2.05) is 43.3 Å². The molecule has 0 saturated carbocycles. The van der Waals surface area contributed by atoms with Crippen LogP contribution in [0.25, 0.3) is 0 Å². The molecule has 0 aliphatic carbocycles. The van der Waals surface area contributed by atoms with Gasteiger partial charge in [-0.15, -0.1) is 0 Å². The Morgan fingerprint density at radius 2 is 1.92 bits per heavy atom. The zero-order valence-electron chi connectivity index (χ0n) is 14.5. The van der Waals surface area contributed by atoms with Gasteiger partial charge in [-0.25, -0.2) is 4.79 Å². The lowest BCUT2D eigenvalue weighted by Crippen LogP contribution is -2.39. The number of aryl methyl sites for hydroxylation is 1. The third-order valence-corrected chi connectivity index (χ3v) is 4.14. The molecular formula is C20H20N4O2. The van der Waals surface area contributed by atoms with Gasteiger partial charge in [0.1, 0.15) is 0 Å². The zero-order valence-corrected chi connectivity index (χ0v) is 14.5. The van der Waals surface area contributed by atoms with Crippen molar-refractivity contribution < 1.29 is 9.63 Å². The Labute approximate surface area is 152 Å². The van der Waals surface area contributed by atoms with Crippen molar-refractivity contribution in [1.29, 1.82) is 5.26 Å². The smallest absolute Gasteiger partial charge is 0.315 e. The van der Waals surface area contributed by atoms with Crippen LogP contribution in [0.4, 0.5) is 4.79 Å². The van der Waals surface area contributed by atoms with Crippen LogP contribution in [0, 0.1) is 18.3 Å². The molecule has 2 N–H and O–H groups in total. The number of hydrogen-bond donors (Lipinski definition) is 2. The summed E-state index contributed by atoms with van der Waals surface area (Å²) in [6.45, 7) is 2.83. The van der Waals surface area contributed by atoms with Crippen molar-refractivity contribution in [1.82, 2.24) is 10.6 Å². The highest BCUT2D eigenvalue weighted by molar-refractivity contribution is 6.01. The van der Waals surface area contributed by atoms with E-state index in [2.05, 4.69) is 21.9 Å². The van der Waals surface area contributed by atoms with Gasteiger partial charge in [-0.05, 0) is 30.2 Å². The van der Waals surface area contributed by atoms with Crippen LogP contribution in [0.1, 0.15) is 28.7 Å². The van der Waals surface area contributed by atoms with E-state index in [4.69, 9.17) is 10.1 Å². The van der Waals surface area contributed by atoms with Gasteiger partial charge in [-0.2, -0.15) is 5.26 Å². The molecule has 1 aliphatic heterocycles. The number of rotatable bonds is 5. The van der Waals surface area contributed by atoms with Crippen molar-refractivity contribution in [3.05, 3.63) is 70.8 Å². The number of hydrogen-bond acceptors (Lipinski definition) is 4. The Balaban J connectivity index is 1.40. The fraction of sp³-hybridized carbons (Fsp3) is 0.250. The molecule has 6 heteroatoms. The van der Waals surface area contributed by atoms with E-state index >= 15 is 0 Å². The molecule has 3 rings (SSSR count). The topological polar surface area (TPSA) is 86.5 Å². The van der Waals surface area contributed by atoms with Gasteiger partial charge in [-0.1, -0.05) is 47.1 Å². The number of benzene rings is 2. The number of carbonyl (C=O) groups is 1. The number of urea groups is 1. The first-order valence-corrected chi connectivity index (χ1v) is 8.44. The zero-order chi connectivity index (χ0) is 18.4. The highest BCUT2D eigenvalue weighted by Gasteiger charge is 2.22. The van der Waals surface area contributed by atoms with Gasteiger partial charge in [0.25, 0.3) is 0 Å².